The van der Waals surface area contributed by atoms with Crippen LogP contribution in [-0.2, 0) is 4.57 Å². The maximum Gasteiger partial charge on any atom is 0.692 e. The summed E-state index contributed by atoms with van der Waals surface area (Å²) in [5.41, 5.74) is -1.11. The van der Waals surface area contributed by atoms with E-state index in [2.05, 4.69) is 0 Å². The molecule has 6 N–H and O–H groups in total. The highest BCUT2D eigenvalue weighted by Gasteiger charge is 2.26. The average molecular weight is 217 g/mol. The lowest BCUT2D eigenvalue weighted by atomic mass is 9.93. The molecule has 0 saturated heterocycles. The molecule has 0 bridgehead atoms. The summed E-state index contributed by atoms with van der Waals surface area (Å²) < 4.78 is 8.70. The van der Waals surface area contributed by atoms with E-state index in [4.69, 9.17) is 34.8 Å². The summed E-state index contributed by atoms with van der Waals surface area (Å²) in [4.78, 5) is 14.2. The minimum absolute atomic E-state index is 0.406. The third-order valence-electron chi connectivity index (χ3n) is 1.34. The van der Waals surface area contributed by atoms with Gasteiger partial charge in [0.25, 0.3) is 0 Å². The van der Waals surface area contributed by atoms with E-state index < -0.39 is 40.1 Å². The molecule has 0 aromatic carbocycles. The second-order valence-electron chi connectivity index (χ2n) is 2.39. The van der Waals surface area contributed by atoms with Crippen LogP contribution in [0.1, 0.15) is 0 Å². The van der Waals surface area contributed by atoms with Gasteiger partial charge in [-0.25, -0.2) is 0 Å². The molecule has 7 nitrogen and oxygen atoms in total. The number of aliphatic hydroxyl groups is 4. The quantitative estimate of drug-likeness (QED) is 0.288. The molecule has 0 saturated carbocycles. The Bertz CT molecular complexity index is 113. The Labute approximate surface area is 75.8 Å². The molecule has 0 fully saturated rings. The Hall–Kier alpha value is -0.140. The third-order valence-corrected chi connectivity index (χ3v) is 1.34. The van der Waals surface area contributed by atoms with Gasteiger partial charge in [-0.3, -0.25) is 0 Å². The summed E-state index contributed by atoms with van der Waals surface area (Å²) in [5, 5.41) is 34.0. The first-order valence-electron chi connectivity index (χ1n) is 3.26. The molecule has 0 rings (SSSR count). The lowest BCUT2D eigenvalue weighted by Gasteiger charge is -2.23. The standard InChI is InChI=1S/C5H12O4.HO3P/c6-1-5(2-7,3-8)4-9;1-4(2)3/h6-9H,1-4H2;(H-,1,2,3)/p+1. The van der Waals surface area contributed by atoms with Crippen molar-refractivity contribution in [3.63, 3.8) is 0 Å². The van der Waals surface area contributed by atoms with Crippen molar-refractivity contribution in [3.8, 4) is 0 Å². The summed E-state index contributed by atoms with van der Waals surface area (Å²) in [6.45, 7) is -1.62. The van der Waals surface area contributed by atoms with Crippen molar-refractivity contribution in [2.24, 2.45) is 5.41 Å². The van der Waals surface area contributed by atoms with Crippen LogP contribution in [0.4, 0.5) is 0 Å². The number of rotatable bonds is 4. The summed E-state index contributed by atoms with van der Waals surface area (Å²) in [5.74, 6) is 0. The monoisotopic (exact) mass is 217 g/mol. The maximum absolute atomic E-state index is 8.70. The van der Waals surface area contributed by atoms with Crippen molar-refractivity contribution in [1.29, 1.82) is 0 Å². The Morgan fingerprint density at radius 2 is 1.00 bits per heavy atom. The fourth-order valence-electron chi connectivity index (χ4n) is 0.300. The normalized spacial score (nSPS) is 10.3. The highest BCUT2D eigenvalue weighted by atomic mass is 31.1. The molecule has 0 aliphatic carbocycles. The van der Waals surface area contributed by atoms with Crippen LogP contribution >= 0.6 is 8.25 Å². The van der Waals surface area contributed by atoms with Gasteiger partial charge in [-0.1, -0.05) is 0 Å². The fourth-order valence-corrected chi connectivity index (χ4v) is 0.300. The van der Waals surface area contributed by atoms with E-state index >= 15 is 0 Å². The van der Waals surface area contributed by atoms with E-state index in [0.29, 0.717) is 0 Å². The molecule has 0 aliphatic heterocycles. The maximum atomic E-state index is 8.70. The lowest BCUT2D eigenvalue weighted by Crippen LogP contribution is -2.37. The van der Waals surface area contributed by atoms with Crippen LogP contribution in [0.5, 0.6) is 0 Å². The first-order valence-corrected chi connectivity index (χ1v) is 4.43. The largest absolute Gasteiger partial charge is 0.692 e. The lowest BCUT2D eigenvalue weighted by molar-refractivity contribution is -0.0328. The van der Waals surface area contributed by atoms with Crippen LogP contribution in [0, 0.1) is 5.41 Å². The molecule has 13 heavy (non-hydrogen) atoms. The Morgan fingerprint density at radius 3 is 1.00 bits per heavy atom. The van der Waals surface area contributed by atoms with Gasteiger partial charge in [-0.15, -0.1) is 9.79 Å². The molecule has 0 unspecified atom stereocenters. The summed E-state index contributed by atoms with van der Waals surface area (Å²) in [6.07, 6.45) is 0. The minimum Gasteiger partial charge on any atom is -0.396 e. The average Bonchev–Trinajstić information content (AvgIpc) is 2.09. The third kappa shape index (κ3) is 8.20. The molecular formula is C5H14O7P+. The highest BCUT2D eigenvalue weighted by molar-refractivity contribution is 7.30. The van der Waals surface area contributed by atoms with Gasteiger partial charge in [-0.2, -0.15) is 0 Å². The second kappa shape index (κ2) is 8.46. The van der Waals surface area contributed by atoms with E-state index in [9.17, 15) is 0 Å². The molecule has 0 aliphatic rings. The van der Waals surface area contributed by atoms with Crippen LogP contribution in [0.15, 0.2) is 0 Å². The summed E-state index contributed by atoms with van der Waals surface area (Å²) in [7, 11) is -2.87. The van der Waals surface area contributed by atoms with E-state index in [1.165, 1.54) is 0 Å². The van der Waals surface area contributed by atoms with Gasteiger partial charge in [0, 0.05) is 4.57 Å². The predicted octanol–water partition coefficient (Wildman–Crippen LogP) is -2.43. The van der Waals surface area contributed by atoms with Crippen molar-refractivity contribution in [3.05, 3.63) is 0 Å². The van der Waals surface area contributed by atoms with Crippen molar-refractivity contribution in [1.82, 2.24) is 0 Å². The molecule has 0 atom stereocenters. The SMILES string of the molecule is O=[P+](O)O.OCC(CO)(CO)CO. The van der Waals surface area contributed by atoms with Crippen LogP contribution in [0.2, 0.25) is 0 Å². The van der Waals surface area contributed by atoms with Crippen molar-refractivity contribution >= 4 is 8.25 Å². The zero-order valence-corrected chi connectivity index (χ0v) is 7.76. The van der Waals surface area contributed by atoms with E-state index in [1.54, 1.807) is 0 Å². The summed E-state index contributed by atoms with van der Waals surface area (Å²) >= 11 is 0. The van der Waals surface area contributed by atoms with Gasteiger partial charge >= 0.3 is 8.25 Å². The molecule has 0 heterocycles. The van der Waals surface area contributed by atoms with Gasteiger partial charge in [0.2, 0.25) is 0 Å². The zero-order valence-electron chi connectivity index (χ0n) is 6.87. The van der Waals surface area contributed by atoms with Crippen LogP contribution in [0.25, 0.3) is 0 Å². The second-order valence-corrected chi connectivity index (χ2v) is 2.89. The molecule has 0 aromatic rings. The molecule has 0 aromatic heterocycles. The topological polar surface area (TPSA) is 138 Å². The molecule has 0 radical (unpaired) electrons. The van der Waals surface area contributed by atoms with Gasteiger partial charge < -0.3 is 20.4 Å². The number of hydrogen-bond donors (Lipinski definition) is 6. The zero-order chi connectivity index (χ0) is 10.9. The summed E-state index contributed by atoms with van der Waals surface area (Å²) in [6, 6.07) is 0. The van der Waals surface area contributed by atoms with Crippen LogP contribution < -0.4 is 0 Å². The number of aliphatic hydroxyl groups excluding tert-OH is 4. The van der Waals surface area contributed by atoms with Crippen molar-refractivity contribution in [2.45, 2.75) is 0 Å². The number of hydrogen-bond acceptors (Lipinski definition) is 5. The molecule has 0 spiro atoms. The highest BCUT2D eigenvalue weighted by Crippen LogP contribution is 2.11. The fraction of sp³-hybridized carbons (Fsp3) is 1.00. The van der Waals surface area contributed by atoms with E-state index in [1.807, 2.05) is 0 Å². The van der Waals surface area contributed by atoms with Crippen molar-refractivity contribution < 1.29 is 34.8 Å². The Kier molecular flexibility index (Phi) is 9.98. The molecular weight excluding hydrogens is 203 g/mol. The van der Waals surface area contributed by atoms with Crippen LogP contribution in [-0.4, -0.2) is 56.6 Å². The first kappa shape index (κ1) is 15.3. The Balaban J connectivity index is 0. The smallest absolute Gasteiger partial charge is 0.396 e. The van der Waals surface area contributed by atoms with Gasteiger partial charge in [0.15, 0.2) is 0 Å². The molecule has 80 valence electrons. The van der Waals surface area contributed by atoms with Gasteiger partial charge in [0.05, 0.1) is 31.8 Å². The molecule has 0 amide bonds. The van der Waals surface area contributed by atoms with E-state index in [-0.39, 0.29) is 0 Å². The minimum atomic E-state index is -2.87. The first-order chi connectivity index (χ1) is 5.97. The van der Waals surface area contributed by atoms with Gasteiger partial charge in [0.1, 0.15) is 0 Å². The van der Waals surface area contributed by atoms with Crippen LogP contribution in [0.3, 0.4) is 0 Å². The van der Waals surface area contributed by atoms with Gasteiger partial charge in [-0.05, 0) is 0 Å². The van der Waals surface area contributed by atoms with E-state index in [0.717, 1.165) is 0 Å². The molecule has 8 heteroatoms. The van der Waals surface area contributed by atoms with Crippen molar-refractivity contribution in [2.75, 3.05) is 26.4 Å². The Morgan fingerprint density at radius 1 is 0.846 bits per heavy atom. The predicted molar refractivity (Wildman–Crippen MR) is 42.8 cm³/mol.